The summed E-state index contributed by atoms with van der Waals surface area (Å²) in [4.78, 5) is 30.3. The first-order chi connectivity index (χ1) is 13.1. The Balaban J connectivity index is 1.47. The Labute approximate surface area is 157 Å². The van der Waals surface area contributed by atoms with Crippen LogP contribution in [-0.4, -0.2) is 23.2 Å². The van der Waals surface area contributed by atoms with Gasteiger partial charge in [-0.1, -0.05) is 18.2 Å². The van der Waals surface area contributed by atoms with Crippen molar-refractivity contribution < 1.29 is 9.59 Å². The summed E-state index contributed by atoms with van der Waals surface area (Å²) in [6.45, 7) is 2.24. The van der Waals surface area contributed by atoms with Gasteiger partial charge in [-0.3, -0.25) is 9.59 Å². The minimum Gasteiger partial charge on any atom is -0.340 e. The van der Waals surface area contributed by atoms with Crippen molar-refractivity contribution in [1.82, 2.24) is 4.98 Å². The Hall–Kier alpha value is -3.47. The maximum absolute atomic E-state index is 12.8. The number of aromatic nitrogens is 1. The van der Waals surface area contributed by atoms with Crippen molar-refractivity contribution >= 4 is 28.9 Å². The average Bonchev–Trinajstić information content (AvgIpc) is 3.12. The third-order valence-electron chi connectivity index (χ3n) is 4.71. The number of para-hydroxylation sites is 1. The molecule has 0 bridgehead atoms. The number of carbonyl (C=O) groups excluding carboxylic acids is 2. The second-order valence-corrected chi connectivity index (χ2v) is 6.53. The smallest absolute Gasteiger partial charge is 0.259 e. The van der Waals surface area contributed by atoms with E-state index in [1.54, 1.807) is 42.3 Å². The molecular weight excluding hydrogens is 338 g/mol. The van der Waals surface area contributed by atoms with Gasteiger partial charge in [0, 0.05) is 29.7 Å². The first-order valence-electron chi connectivity index (χ1n) is 8.86. The third kappa shape index (κ3) is 3.44. The highest BCUT2D eigenvalue weighted by molar-refractivity contribution is 6.07. The molecule has 0 fully saturated rings. The van der Waals surface area contributed by atoms with E-state index in [1.807, 2.05) is 30.3 Å². The molecule has 2 aromatic carbocycles. The van der Waals surface area contributed by atoms with Crippen molar-refractivity contribution in [3.63, 3.8) is 0 Å². The summed E-state index contributed by atoms with van der Waals surface area (Å²) in [5, 5.41) is 3.17. The number of nitrogens with one attached hydrogen (secondary N) is 1. The zero-order valence-electron chi connectivity index (χ0n) is 15.0. The quantitative estimate of drug-likeness (QED) is 0.710. The van der Waals surface area contributed by atoms with E-state index in [9.17, 15) is 9.59 Å². The number of hydrogen-bond donors (Lipinski definition) is 1. The van der Waals surface area contributed by atoms with Crippen molar-refractivity contribution in [2.75, 3.05) is 16.8 Å². The average molecular weight is 357 g/mol. The molecule has 1 aromatic heterocycles. The molecule has 1 N–H and O–H groups in total. The molecule has 0 saturated carbocycles. The standard InChI is InChI=1S/C22H19N3O2/c1-15(26)16-6-9-19(10-7-16)24-21-11-8-18(14-23-21)22(27)25-13-12-17-4-2-3-5-20(17)25/h2-11,14H,12-13H2,1H3,(H,23,24). The Kier molecular flexibility index (Phi) is 4.42. The molecule has 1 amide bonds. The lowest BCUT2D eigenvalue weighted by molar-refractivity contribution is 0.0986. The number of fused-ring (bicyclic) bond motifs is 1. The molecule has 27 heavy (non-hydrogen) atoms. The van der Waals surface area contributed by atoms with Gasteiger partial charge in [0.1, 0.15) is 5.82 Å². The molecule has 0 unspecified atom stereocenters. The lowest BCUT2D eigenvalue weighted by Crippen LogP contribution is -2.28. The van der Waals surface area contributed by atoms with E-state index in [-0.39, 0.29) is 11.7 Å². The zero-order chi connectivity index (χ0) is 18.8. The van der Waals surface area contributed by atoms with E-state index in [1.165, 1.54) is 5.56 Å². The number of benzene rings is 2. The summed E-state index contributed by atoms with van der Waals surface area (Å²) < 4.78 is 0. The summed E-state index contributed by atoms with van der Waals surface area (Å²) in [5.74, 6) is 0.639. The van der Waals surface area contributed by atoms with Crippen LogP contribution in [0.4, 0.5) is 17.2 Å². The van der Waals surface area contributed by atoms with Crippen molar-refractivity contribution in [3.05, 3.63) is 83.6 Å². The van der Waals surface area contributed by atoms with Crippen LogP contribution in [0.2, 0.25) is 0 Å². The van der Waals surface area contributed by atoms with Gasteiger partial charge in [-0.05, 0) is 61.4 Å². The fraction of sp³-hybridized carbons (Fsp3) is 0.136. The summed E-state index contributed by atoms with van der Waals surface area (Å²) in [6.07, 6.45) is 2.47. The Morgan fingerprint density at radius 2 is 1.70 bits per heavy atom. The van der Waals surface area contributed by atoms with Crippen LogP contribution in [-0.2, 0) is 6.42 Å². The highest BCUT2D eigenvalue weighted by atomic mass is 16.2. The summed E-state index contributed by atoms with van der Waals surface area (Å²) in [5.41, 5.74) is 4.24. The van der Waals surface area contributed by atoms with Gasteiger partial charge in [-0.2, -0.15) is 0 Å². The summed E-state index contributed by atoms with van der Waals surface area (Å²) in [7, 11) is 0. The van der Waals surface area contributed by atoms with Gasteiger partial charge in [0.25, 0.3) is 5.91 Å². The van der Waals surface area contributed by atoms with Gasteiger partial charge in [0.05, 0.1) is 5.56 Å². The van der Waals surface area contributed by atoms with Gasteiger partial charge < -0.3 is 10.2 Å². The largest absolute Gasteiger partial charge is 0.340 e. The molecule has 0 atom stereocenters. The number of Topliss-reactive ketones (excluding diaryl/α,β-unsaturated/α-hetero) is 1. The number of amides is 1. The van der Waals surface area contributed by atoms with E-state index < -0.39 is 0 Å². The minimum absolute atomic E-state index is 0.0334. The topological polar surface area (TPSA) is 62.3 Å². The summed E-state index contributed by atoms with van der Waals surface area (Å²) in [6, 6.07) is 18.8. The van der Waals surface area contributed by atoms with Gasteiger partial charge in [0.2, 0.25) is 0 Å². The predicted molar refractivity (Wildman–Crippen MR) is 106 cm³/mol. The second kappa shape index (κ2) is 7.03. The Morgan fingerprint density at radius 3 is 2.41 bits per heavy atom. The summed E-state index contributed by atoms with van der Waals surface area (Å²) >= 11 is 0. The van der Waals surface area contributed by atoms with Crippen molar-refractivity contribution in [2.24, 2.45) is 0 Å². The van der Waals surface area contributed by atoms with Crippen LogP contribution in [0.1, 0.15) is 33.2 Å². The van der Waals surface area contributed by atoms with Crippen LogP contribution in [0.25, 0.3) is 0 Å². The van der Waals surface area contributed by atoms with Crippen LogP contribution < -0.4 is 10.2 Å². The van der Waals surface area contributed by atoms with Crippen LogP contribution in [0.3, 0.4) is 0 Å². The number of anilines is 3. The first-order valence-corrected chi connectivity index (χ1v) is 8.86. The molecular formula is C22H19N3O2. The van der Waals surface area contributed by atoms with Crippen molar-refractivity contribution in [2.45, 2.75) is 13.3 Å². The van der Waals surface area contributed by atoms with Crippen LogP contribution in [0, 0.1) is 0 Å². The highest BCUT2D eigenvalue weighted by Gasteiger charge is 2.25. The number of ketones is 1. The van der Waals surface area contributed by atoms with Crippen LogP contribution in [0.5, 0.6) is 0 Å². The maximum Gasteiger partial charge on any atom is 0.259 e. The van der Waals surface area contributed by atoms with E-state index in [4.69, 9.17) is 0 Å². The van der Waals surface area contributed by atoms with E-state index in [0.29, 0.717) is 23.5 Å². The number of rotatable bonds is 4. The number of carbonyl (C=O) groups is 2. The molecule has 3 aromatic rings. The van der Waals surface area contributed by atoms with E-state index in [0.717, 1.165) is 17.8 Å². The second-order valence-electron chi connectivity index (χ2n) is 6.53. The zero-order valence-corrected chi connectivity index (χ0v) is 15.0. The van der Waals surface area contributed by atoms with E-state index >= 15 is 0 Å². The lowest BCUT2D eigenvalue weighted by Gasteiger charge is -2.17. The normalized spacial score (nSPS) is 12.6. The molecule has 4 rings (SSSR count). The Morgan fingerprint density at radius 1 is 0.963 bits per heavy atom. The van der Waals surface area contributed by atoms with Gasteiger partial charge in [-0.15, -0.1) is 0 Å². The molecule has 0 radical (unpaired) electrons. The fourth-order valence-electron chi connectivity index (χ4n) is 3.24. The first kappa shape index (κ1) is 17.0. The van der Waals surface area contributed by atoms with Gasteiger partial charge >= 0.3 is 0 Å². The molecule has 1 aliphatic rings. The third-order valence-corrected chi connectivity index (χ3v) is 4.71. The molecule has 5 heteroatoms. The predicted octanol–water partition coefficient (Wildman–Crippen LogP) is 4.23. The fourth-order valence-corrected chi connectivity index (χ4v) is 3.24. The molecule has 134 valence electrons. The molecule has 0 saturated heterocycles. The highest BCUT2D eigenvalue weighted by Crippen LogP contribution is 2.29. The maximum atomic E-state index is 12.8. The van der Waals surface area contributed by atoms with Crippen molar-refractivity contribution in [1.29, 1.82) is 0 Å². The molecule has 0 spiro atoms. The molecule has 0 aliphatic carbocycles. The van der Waals surface area contributed by atoms with Crippen LogP contribution >= 0.6 is 0 Å². The number of pyridine rings is 1. The SMILES string of the molecule is CC(=O)c1ccc(Nc2ccc(C(=O)N3CCc4ccccc43)cn2)cc1. The lowest BCUT2D eigenvalue weighted by atomic mass is 10.1. The van der Waals surface area contributed by atoms with Crippen molar-refractivity contribution in [3.8, 4) is 0 Å². The Bertz CT molecular complexity index is 995. The number of hydrogen-bond acceptors (Lipinski definition) is 4. The minimum atomic E-state index is -0.0372. The van der Waals surface area contributed by atoms with E-state index in [2.05, 4.69) is 16.4 Å². The van der Waals surface area contributed by atoms with Gasteiger partial charge in [0.15, 0.2) is 5.78 Å². The monoisotopic (exact) mass is 357 g/mol. The van der Waals surface area contributed by atoms with Gasteiger partial charge in [-0.25, -0.2) is 4.98 Å². The molecule has 5 nitrogen and oxygen atoms in total. The molecule has 2 heterocycles. The van der Waals surface area contributed by atoms with Crippen LogP contribution in [0.15, 0.2) is 66.9 Å². The number of nitrogens with zero attached hydrogens (tertiary/aromatic N) is 2. The molecule has 1 aliphatic heterocycles.